The van der Waals surface area contributed by atoms with Gasteiger partial charge in [-0.05, 0) is 30.7 Å². The Kier molecular flexibility index (Phi) is 6.57. The first-order valence-corrected chi connectivity index (χ1v) is 6.02. The van der Waals surface area contributed by atoms with Crippen LogP contribution in [0.1, 0.15) is 23.0 Å². The normalized spacial score (nSPS) is 9.90. The van der Waals surface area contributed by atoms with E-state index >= 15 is 0 Å². The van der Waals surface area contributed by atoms with E-state index in [4.69, 9.17) is 16.7 Å². The van der Waals surface area contributed by atoms with Crippen molar-refractivity contribution in [3.8, 4) is 5.69 Å². The van der Waals surface area contributed by atoms with Crippen LogP contribution in [0.25, 0.3) is 5.69 Å². The molecular formula is C13H11ClKN2O3+. The van der Waals surface area contributed by atoms with E-state index in [0.717, 1.165) is 6.20 Å². The average Bonchev–Trinajstić information content (AvgIpc) is 2.39. The molecule has 2 rings (SSSR count). The number of rotatable bonds is 3. The zero-order valence-corrected chi connectivity index (χ0v) is 15.0. The van der Waals surface area contributed by atoms with Gasteiger partial charge in [-0.1, -0.05) is 18.5 Å². The van der Waals surface area contributed by atoms with E-state index in [9.17, 15) is 9.59 Å². The smallest absolute Gasteiger partial charge is 0.477 e. The van der Waals surface area contributed by atoms with Crippen LogP contribution in [0, 0.1) is 0 Å². The van der Waals surface area contributed by atoms with Gasteiger partial charge in [-0.25, -0.2) is 9.48 Å². The number of hydrogen-bond donors (Lipinski definition) is 1. The molecule has 2 aromatic rings. The number of hydrogen-bond acceptors (Lipinski definition) is 3. The van der Waals surface area contributed by atoms with Crippen molar-refractivity contribution in [3.05, 3.63) is 57.0 Å². The van der Waals surface area contributed by atoms with Crippen molar-refractivity contribution in [2.75, 3.05) is 0 Å². The molecule has 0 aliphatic rings. The molecule has 0 amide bonds. The SMILES string of the molecule is CCc1c(C(=O)O)c(=O)cnn1-c1ccc(Cl)cc1.[K+]. The molecule has 0 aliphatic carbocycles. The van der Waals surface area contributed by atoms with Gasteiger partial charge in [0, 0.05) is 5.02 Å². The summed E-state index contributed by atoms with van der Waals surface area (Å²) >= 11 is 5.81. The van der Waals surface area contributed by atoms with Gasteiger partial charge in [-0.2, -0.15) is 5.10 Å². The van der Waals surface area contributed by atoms with Crippen molar-refractivity contribution in [1.82, 2.24) is 9.78 Å². The van der Waals surface area contributed by atoms with E-state index in [2.05, 4.69) is 5.10 Å². The first kappa shape index (κ1) is 17.5. The molecule has 0 radical (unpaired) electrons. The third-order valence-corrected chi connectivity index (χ3v) is 2.95. The second-order valence-corrected chi connectivity index (χ2v) is 4.31. The van der Waals surface area contributed by atoms with Crippen molar-refractivity contribution in [2.24, 2.45) is 0 Å². The van der Waals surface area contributed by atoms with Crippen LogP contribution in [0.15, 0.2) is 35.3 Å². The predicted molar refractivity (Wildman–Crippen MR) is 71.2 cm³/mol. The van der Waals surface area contributed by atoms with E-state index < -0.39 is 11.4 Å². The maximum Gasteiger partial charge on any atom is 1.00 e. The molecule has 0 fully saturated rings. The molecule has 98 valence electrons. The Bertz CT molecular complexity index is 683. The summed E-state index contributed by atoms with van der Waals surface area (Å²) in [7, 11) is 0. The summed E-state index contributed by atoms with van der Waals surface area (Å²) in [5.74, 6) is -1.24. The first-order chi connectivity index (χ1) is 9.04. The minimum Gasteiger partial charge on any atom is -0.477 e. The van der Waals surface area contributed by atoms with Crippen LogP contribution in [0.5, 0.6) is 0 Å². The van der Waals surface area contributed by atoms with Crippen molar-refractivity contribution in [1.29, 1.82) is 0 Å². The maximum absolute atomic E-state index is 11.6. The van der Waals surface area contributed by atoms with Gasteiger partial charge in [0.2, 0.25) is 5.43 Å². The summed E-state index contributed by atoms with van der Waals surface area (Å²) in [6.45, 7) is 1.77. The minimum absolute atomic E-state index is 0. The minimum atomic E-state index is -1.24. The number of aromatic carboxylic acids is 1. The third kappa shape index (κ3) is 3.57. The largest absolute Gasteiger partial charge is 1.00 e. The zero-order chi connectivity index (χ0) is 14.0. The van der Waals surface area contributed by atoms with Crippen molar-refractivity contribution < 1.29 is 61.3 Å². The molecule has 0 bridgehead atoms. The van der Waals surface area contributed by atoms with Gasteiger partial charge < -0.3 is 5.11 Å². The van der Waals surface area contributed by atoms with E-state index in [1.54, 1.807) is 31.2 Å². The van der Waals surface area contributed by atoms with Gasteiger partial charge in [0.15, 0.2) is 0 Å². The van der Waals surface area contributed by atoms with Gasteiger partial charge in [0.05, 0.1) is 17.6 Å². The number of benzene rings is 1. The van der Waals surface area contributed by atoms with Crippen LogP contribution in [0.2, 0.25) is 5.02 Å². The molecule has 20 heavy (non-hydrogen) atoms. The molecule has 1 heterocycles. The summed E-state index contributed by atoms with van der Waals surface area (Å²) in [5, 5.41) is 13.7. The van der Waals surface area contributed by atoms with E-state index in [1.165, 1.54) is 4.68 Å². The van der Waals surface area contributed by atoms with E-state index in [1.807, 2.05) is 0 Å². The molecule has 1 N–H and O–H groups in total. The quantitative estimate of drug-likeness (QED) is 0.749. The van der Waals surface area contributed by atoms with Crippen molar-refractivity contribution in [2.45, 2.75) is 13.3 Å². The Balaban J connectivity index is 0.00000200. The third-order valence-electron chi connectivity index (χ3n) is 2.70. The van der Waals surface area contributed by atoms with Crippen LogP contribution >= 0.6 is 11.6 Å². The monoisotopic (exact) mass is 317 g/mol. The van der Waals surface area contributed by atoms with Gasteiger partial charge in [0.1, 0.15) is 5.56 Å². The molecule has 0 saturated carbocycles. The Hall–Kier alpha value is -0.504. The molecule has 0 saturated heterocycles. The van der Waals surface area contributed by atoms with Crippen LogP contribution < -0.4 is 56.8 Å². The summed E-state index contributed by atoms with van der Waals surface area (Å²) < 4.78 is 1.45. The Morgan fingerprint density at radius 1 is 1.35 bits per heavy atom. The van der Waals surface area contributed by atoms with E-state index in [0.29, 0.717) is 22.8 Å². The first-order valence-electron chi connectivity index (χ1n) is 5.65. The summed E-state index contributed by atoms with van der Waals surface area (Å²) in [6.07, 6.45) is 1.39. The Morgan fingerprint density at radius 2 is 1.95 bits per heavy atom. The molecule has 1 aromatic carbocycles. The standard InChI is InChI=1S/C13H11ClN2O3.K/c1-2-10-12(13(18)19)11(17)7-15-16(10)9-5-3-8(14)4-6-9;/h3-7H,2H2,1H3,(H,18,19);/q;+1. The zero-order valence-electron chi connectivity index (χ0n) is 11.1. The average molecular weight is 318 g/mol. The second-order valence-electron chi connectivity index (χ2n) is 3.88. The molecule has 5 nitrogen and oxygen atoms in total. The molecule has 0 unspecified atom stereocenters. The number of aromatic nitrogens is 2. The number of carboxylic acids is 1. The summed E-state index contributed by atoms with van der Waals surface area (Å²) in [5.41, 5.74) is 0.188. The fraction of sp³-hybridized carbons (Fsp3) is 0.154. The Morgan fingerprint density at radius 3 is 2.45 bits per heavy atom. The van der Waals surface area contributed by atoms with Gasteiger partial charge in [0.25, 0.3) is 0 Å². The molecule has 0 atom stereocenters. The molecule has 0 spiro atoms. The number of carbonyl (C=O) groups is 1. The number of halogens is 1. The molecule has 1 aromatic heterocycles. The topological polar surface area (TPSA) is 72.2 Å². The summed E-state index contributed by atoms with van der Waals surface area (Å²) in [4.78, 5) is 22.8. The molecule has 0 aliphatic heterocycles. The van der Waals surface area contributed by atoms with E-state index in [-0.39, 0.29) is 56.9 Å². The fourth-order valence-corrected chi connectivity index (χ4v) is 1.98. The number of nitrogens with zero attached hydrogens (tertiary/aromatic N) is 2. The van der Waals surface area contributed by atoms with Gasteiger partial charge in [-0.15, -0.1) is 0 Å². The van der Waals surface area contributed by atoms with Crippen LogP contribution in [-0.2, 0) is 6.42 Å². The number of carboxylic acid groups (broad SMARTS) is 1. The summed E-state index contributed by atoms with van der Waals surface area (Å²) in [6, 6.07) is 6.78. The Labute approximate surface area is 163 Å². The van der Waals surface area contributed by atoms with Gasteiger partial charge >= 0.3 is 57.4 Å². The second kappa shape index (κ2) is 7.49. The molecular weight excluding hydrogens is 307 g/mol. The van der Waals surface area contributed by atoms with Crippen molar-refractivity contribution >= 4 is 17.6 Å². The van der Waals surface area contributed by atoms with Crippen LogP contribution in [0.3, 0.4) is 0 Å². The fourth-order valence-electron chi connectivity index (χ4n) is 1.85. The van der Waals surface area contributed by atoms with Crippen molar-refractivity contribution in [3.63, 3.8) is 0 Å². The van der Waals surface area contributed by atoms with Crippen LogP contribution in [-0.4, -0.2) is 20.9 Å². The maximum atomic E-state index is 11.6. The van der Waals surface area contributed by atoms with Gasteiger partial charge in [-0.3, -0.25) is 4.79 Å². The molecule has 7 heteroatoms. The van der Waals surface area contributed by atoms with Crippen LogP contribution in [0.4, 0.5) is 0 Å². The predicted octanol–water partition coefficient (Wildman–Crippen LogP) is -0.849.